The normalized spacial score (nSPS) is 12.6. The van der Waals surface area contributed by atoms with Gasteiger partial charge in [-0.15, -0.1) is 0 Å². The number of hydrogen-bond acceptors (Lipinski definition) is 2. The molecule has 0 saturated heterocycles. The highest BCUT2D eigenvalue weighted by molar-refractivity contribution is 6.02. The van der Waals surface area contributed by atoms with Crippen LogP contribution < -0.4 is 9.80 Å². The second kappa shape index (κ2) is 17.2. The third-order valence-corrected chi connectivity index (χ3v) is 16.0. The molecule has 0 amide bonds. The van der Waals surface area contributed by atoms with Gasteiger partial charge in [0.15, 0.2) is 0 Å². The molecule has 2 aliphatic rings. The summed E-state index contributed by atoms with van der Waals surface area (Å²) in [6.07, 6.45) is 0. The van der Waals surface area contributed by atoms with E-state index in [0.29, 0.717) is 0 Å². The molecule has 350 valence electrons. The highest BCUT2D eigenvalue weighted by atomic mass is 15.1. The standard InChI is InChI=1S/C73H48N2/c1-3-15-49(16-4-1)53-27-34-59(35-28-53)74(61-38-31-51-19-7-9-21-55(51)43-61)63-40-33-57-46-68-67-42-41-64(48-72(67)73(71(68)47-58(57)45-63)69-25-13-11-23-65(69)66-24-12-14-26-70(66)73)75(62-39-32-52-20-8-10-22-56(52)44-62)60-36-29-54(30-37-60)50-17-5-2-6-18-50/h1-48H. The Morgan fingerprint density at radius 3 is 1.05 bits per heavy atom. The van der Waals surface area contributed by atoms with Gasteiger partial charge in [0, 0.05) is 34.1 Å². The summed E-state index contributed by atoms with van der Waals surface area (Å²) < 4.78 is 0. The summed E-state index contributed by atoms with van der Waals surface area (Å²) in [4.78, 5) is 4.86. The summed E-state index contributed by atoms with van der Waals surface area (Å²) in [6.45, 7) is 0. The summed E-state index contributed by atoms with van der Waals surface area (Å²) >= 11 is 0. The maximum Gasteiger partial charge on any atom is 0.0726 e. The molecule has 13 aromatic carbocycles. The maximum atomic E-state index is 2.52. The smallest absolute Gasteiger partial charge is 0.0726 e. The van der Waals surface area contributed by atoms with Gasteiger partial charge in [0.2, 0.25) is 0 Å². The molecular weight excluding hydrogens is 905 g/mol. The number of hydrogen-bond donors (Lipinski definition) is 0. The molecule has 0 unspecified atom stereocenters. The molecule has 0 heterocycles. The summed E-state index contributed by atoms with van der Waals surface area (Å²) in [6, 6.07) is 108. The zero-order valence-corrected chi connectivity index (χ0v) is 41.1. The Hall–Kier alpha value is -9.76. The first kappa shape index (κ1) is 42.9. The zero-order chi connectivity index (χ0) is 49.5. The van der Waals surface area contributed by atoms with Gasteiger partial charge in [-0.2, -0.15) is 0 Å². The van der Waals surface area contributed by atoms with E-state index >= 15 is 0 Å². The van der Waals surface area contributed by atoms with E-state index in [0.717, 1.165) is 34.1 Å². The van der Waals surface area contributed by atoms with E-state index in [9.17, 15) is 0 Å². The number of anilines is 6. The summed E-state index contributed by atoms with van der Waals surface area (Å²) in [7, 11) is 0. The van der Waals surface area contributed by atoms with Crippen molar-refractivity contribution in [1.82, 2.24) is 0 Å². The van der Waals surface area contributed by atoms with Crippen LogP contribution in [-0.2, 0) is 5.41 Å². The van der Waals surface area contributed by atoms with Crippen LogP contribution in [-0.4, -0.2) is 0 Å². The van der Waals surface area contributed by atoms with Crippen LogP contribution >= 0.6 is 0 Å². The van der Waals surface area contributed by atoms with E-state index in [2.05, 4.69) is 301 Å². The van der Waals surface area contributed by atoms with Crippen LogP contribution in [0.4, 0.5) is 34.1 Å². The highest BCUT2D eigenvalue weighted by Gasteiger charge is 2.52. The van der Waals surface area contributed by atoms with Crippen molar-refractivity contribution < 1.29 is 0 Å². The molecule has 0 fully saturated rings. The number of fused-ring (bicyclic) bond motifs is 13. The molecule has 13 aromatic rings. The first-order valence-electron chi connectivity index (χ1n) is 26.0. The molecule has 0 aromatic heterocycles. The van der Waals surface area contributed by atoms with Crippen molar-refractivity contribution >= 4 is 66.4 Å². The Bertz CT molecular complexity index is 4300. The van der Waals surface area contributed by atoms with Gasteiger partial charge >= 0.3 is 0 Å². The minimum absolute atomic E-state index is 0.574. The molecule has 0 aliphatic heterocycles. The Labute approximate surface area is 437 Å². The molecule has 1 spiro atoms. The fraction of sp³-hybridized carbons (Fsp3) is 0.0137. The van der Waals surface area contributed by atoms with Crippen LogP contribution in [0, 0.1) is 0 Å². The number of rotatable bonds is 8. The lowest BCUT2D eigenvalue weighted by atomic mass is 9.70. The highest BCUT2D eigenvalue weighted by Crippen LogP contribution is 2.64. The Kier molecular flexibility index (Phi) is 9.83. The molecule has 0 bridgehead atoms. The van der Waals surface area contributed by atoms with Crippen LogP contribution in [0.3, 0.4) is 0 Å². The predicted octanol–water partition coefficient (Wildman–Crippen LogP) is 19.8. The van der Waals surface area contributed by atoms with Gasteiger partial charge in [-0.3, -0.25) is 0 Å². The van der Waals surface area contributed by atoms with Gasteiger partial charge in [0.05, 0.1) is 5.41 Å². The lowest BCUT2D eigenvalue weighted by Gasteiger charge is -2.32. The topological polar surface area (TPSA) is 6.48 Å². The molecule has 2 nitrogen and oxygen atoms in total. The minimum Gasteiger partial charge on any atom is -0.310 e. The fourth-order valence-electron chi connectivity index (χ4n) is 12.5. The Balaban J connectivity index is 0.930. The third-order valence-electron chi connectivity index (χ3n) is 16.0. The average molecular weight is 953 g/mol. The second-order valence-electron chi connectivity index (χ2n) is 20.1. The monoisotopic (exact) mass is 952 g/mol. The first-order valence-corrected chi connectivity index (χ1v) is 26.0. The Morgan fingerprint density at radius 2 is 0.533 bits per heavy atom. The SMILES string of the molecule is c1ccc(-c2ccc(N(c3ccc4c(c3)C3(c5ccccc5-c5ccccc53)c3cc5cc(N(c6ccc(-c7ccccc7)cc6)c6ccc7ccccc7c6)ccc5cc3-4)c3ccc4ccccc4c3)cc2)cc1. The van der Waals surface area contributed by atoms with E-state index in [-0.39, 0.29) is 0 Å². The van der Waals surface area contributed by atoms with E-state index in [4.69, 9.17) is 0 Å². The van der Waals surface area contributed by atoms with Crippen molar-refractivity contribution in [2.75, 3.05) is 9.80 Å². The lowest BCUT2D eigenvalue weighted by Crippen LogP contribution is -2.26. The van der Waals surface area contributed by atoms with Crippen molar-refractivity contribution in [1.29, 1.82) is 0 Å². The van der Waals surface area contributed by atoms with Gasteiger partial charge in [0.1, 0.15) is 0 Å². The molecule has 0 atom stereocenters. The molecule has 2 aliphatic carbocycles. The third kappa shape index (κ3) is 6.88. The fourth-order valence-corrected chi connectivity index (χ4v) is 12.5. The van der Waals surface area contributed by atoms with Crippen molar-refractivity contribution in [3.05, 3.63) is 313 Å². The van der Waals surface area contributed by atoms with E-state index in [1.807, 2.05) is 0 Å². The lowest BCUT2D eigenvalue weighted by molar-refractivity contribution is 0.795. The van der Waals surface area contributed by atoms with Gasteiger partial charge < -0.3 is 9.80 Å². The minimum atomic E-state index is -0.574. The van der Waals surface area contributed by atoms with Crippen LogP contribution in [0.5, 0.6) is 0 Å². The molecular formula is C73H48N2. The first-order chi connectivity index (χ1) is 37.2. The second-order valence-corrected chi connectivity index (χ2v) is 20.1. The van der Waals surface area contributed by atoms with Gasteiger partial charge in [-0.1, -0.05) is 206 Å². The van der Waals surface area contributed by atoms with Crippen LogP contribution in [0.15, 0.2) is 291 Å². The molecule has 15 rings (SSSR count). The molecule has 2 heteroatoms. The van der Waals surface area contributed by atoms with Crippen molar-refractivity contribution in [2.24, 2.45) is 0 Å². The zero-order valence-electron chi connectivity index (χ0n) is 41.1. The van der Waals surface area contributed by atoms with E-state index in [1.165, 1.54) is 99.1 Å². The van der Waals surface area contributed by atoms with E-state index < -0.39 is 5.41 Å². The van der Waals surface area contributed by atoms with Gasteiger partial charge in [0.25, 0.3) is 0 Å². The molecule has 0 radical (unpaired) electrons. The molecule has 75 heavy (non-hydrogen) atoms. The van der Waals surface area contributed by atoms with Crippen molar-refractivity contribution in [3.8, 4) is 44.5 Å². The molecule has 0 saturated carbocycles. The van der Waals surface area contributed by atoms with Crippen molar-refractivity contribution in [2.45, 2.75) is 5.41 Å². The van der Waals surface area contributed by atoms with Gasteiger partial charge in [-0.05, 0) is 184 Å². The number of benzene rings is 13. The summed E-state index contributed by atoms with van der Waals surface area (Å²) in [5, 5.41) is 7.27. The number of nitrogens with zero attached hydrogens (tertiary/aromatic N) is 2. The maximum absolute atomic E-state index is 2.52. The predicted molar refractivity (Wildman–Crippen MR) is 315 cm³/mol. The van der Waals surface area contributed by atoms with Crippen molar-refractivity contribution in [3.63, 3.8) is 0 Å². The summed E-state index contributed by atoms with van der Waals surface area (Å²) in [5.74, 6) is 0. The summed E-state index contributed by atoms with van der Waals surface area (Å²) in [5.41, 5.74) is 21.2. The van der Waals surface area contributed by atoms with Crippen LogP contribution in [0.25, 0.3) is 76.8 Å². The Morgan fingerprint density at radius 1 is 0.187 bits per heavy atom. The van der Waals surface area contributed by atoms with Gasteiger partial charge in [-0.25, -0.2) is 0 Å². The largest absolute Gasteiger partial charge is 0.310 e. The molecule has 0 N–H and O–H groups in total. The quantitative estimate of drug-likeness (QED) is 0.150. The van der Waals surface area contributed by atoms with E-state index in [1.54, 1.807) is 0 Å². The average Bonchev–Trinajstić information content (AvgIpc) is 3.95. The van der Waals surface area contributed by atoms with Crippen LogP contribution in [0.1, 0.15) is 22.3 Å². The van der Waals surface area contributed by atoms with Crippen LogP contribution in [0.2, 0.25) is 0 Å².